The Balaban J connectivity index is 2.01. The van der Waals surface area contributed by atoms with E-state index in [0.29, 0.717) is 13.0 Å². The van der Waals surface area contributed by atoms with Crippen LogP contribution in [0.2, 0.25) is 0 Å². The van der Waals surface area contributed by atoms with Crippen molar-refractivity contribution in [3.63, 3.8) is 0 Å². The Kier molecular flexibility index (Phi) is 6.89. The minimum atomic E-state index is -0.492. The third kappa shape index (κ3) is 5.75. The summed E-state index contributed by atoms with van der Waals surface area (Å²) < 4.78 is 11.1. The van der Waals surface area contributed by atoms with E-state index in [-0.39, 0.29) is 11.3 Å². The number of carbonyl (C=O) groups excluding carboxylic acids is 1. The van der Waals surface area contributed by atoms with Crippen LogP contribution in [0.25, 0.3) is 0 Å². The quantitative estimate of drug-likeness (QED) is 0.703. The number of rotatable bonds is 7. The molecule has 146 valence electrons. The number of benzene rings is 2. The first-order valence-electron chi connectivity index (χ1n) is 9.39. The predicted molar refractivity (Wildman–Crippen MR) is 109 cm³/mol. The van der Waals surface area contributed by atoms with Crippen LogP contribution in [0.1, 0.15) is 45.2 Å². The molecule has 0 fully saturated rings. The lowest BCUT2D eigenvalue weighted by Crippen LogP contribution is -2.39. The molecule has 27 heavy (non-hydrogen) atoms. The fourth-order valence-electron chi connectivity index (χ4n) is 2.83. The van der Waals surface area contributed by atoms with E-state index in [1.165, 1.54) is 5.56 Å². The fourth-order valence-corrected chi connectivity index (χ4v) is 2.83. The molecule has 0 saturated heterocycles. The number of hydrogen-bond donors (Lipinski definition) is 0. The van der Waals surface area contributed by atoms with Gasteiger partial charge in [-0.05, 0) is 47.2 Å². The molecule has 0 aromatic heterocycles. The van der Waals surface area contributed by atoms with E-state index in [4.69, 9.17) is 9.47 Å². The van der Waals surface area contributed by atoms with Crippen LogP contribution in [0.15, 0.2) is 48.5 Å². The lowest BCUT2D eigenvalue weighted by molar-refractivity contribution is -0.138. The monoisotopic (exact) mass is 369 g/mol. The third-order valence-corrected chi connectivity index (χ3v) is 4.60. The van der Waals surface area contributed by atoms with Crippen molar-refractivity contribution in [2.24, 2.45) is 0 Å². The van der Waals surface area contributed by atoms with E-state index in [1.807, 2.05) is 43.3 Å². The highest BCUT2D eigenvalue weighted by molar-refractivity contribution is 5.81. The Labute approximate surface area is 163 Å². The SMILES string of the molecule is CC[C@@H](Oc1ccc(C(C)(C)C)cc1)C(=O)N(C)Cc1ccc(OC)cc1. The summed E-state index contributed by atoms with van der Waals surface area (Å²) in [5.41, 5.74) is 2.39. The molecule has 0 bridgehead atoms. The van der Waals surface area contributed by atoms with Crippen molar-refractivity contribution in [3.8, 4) is 11.5 Å². The smallest absolute Gasteiger partial charge is 0.263 e. The highest BCUT2D eigenvalue weighted by Crippen LogP contribution is 2.25. The summed E-state index contributed by atoms with van der Waals surface area (Å²) >= 11 is 0. The van der Waals surface area contributed by atoms with Gasteiger partial charge < -0.3 is 14.4 Å². The third-order valence-electron chi connectivity index (χ3n) is 4.60. The van der Waals surface area contributed by atoms with Gasteiger partial charge in [0.2, 0.25) is 0 Å². The highest BCUT2D eigenvalue weighted by Gasteiger charge is 2.23. The maximum absolute atomic E-state index is 12.8. The van der Waals surface area contributed by atoms with Crippen molar-refractivity contribution >= 4 is 5.91 Å². The summed E-state index contributed by atoms with van der Waals surface area (Å²) in [6.45, 7) is 9.03. The molecule has 0 unspecified atom stereocenters. The minimum absolute atomic E-state index is 0.0202. The van der Waals surface area contributed by atoms with Gasteiger partial charge in [0.15, 0.2) is 6.10 Å². The number of amides is 1. The molecular formula is C23H31NO3. The minimum Gasteiger partial charge on any atom is -0.497 e. The standard InChI is InChI=1S/C23H31NO3/c1-7-21(27-20-14-10-18(11-15-20)23(2,3)4)22(25)24(5)16-17-8-12-19(26-6)13-9-17/h8-15,21H,7,16H2,1-6H3/t21-/m1/s1. The lowest BCUT2D eigenvalue weighted by atomic mass is 9.87. The summed E-state index contributed by atoms with van der Waals surface area (Å²) in [6.07, 6.45) is 0.126. The first kappa shape index (κ1) is 20.8. The normalized spacial score (nSPS) is 12.4. The van der Waals surface area contributed by atoms with Gasteiger partial charge in [0.25, 0.3) is 5.91 Å². The predicted octanol–water partition coefficient (Wildman–Crippen LogP) is 4.81. The van der Waals surface area contributed by atoms with Gasteiger partial charge in [0.1, 0.15) is 11.5 Å². The molecule has 0 N–H and O–H groups in total. The van der Waals surface area contributed by atoms with Crippen LogP contribution in [0.3, 0.4) is 0 Å². The molecule has 2 aromatic rings. The first-order valence-corrected chi connectivity index (χ1v) is 9.39. The molecular weight excluding hydrogens is 338 g/mol. The van der Waals surface area contributed by atoms with Gasteiger partial charge in [-0.15, -0.1) is 0 Å². The molecule has 0 spiro atoms. The molecule has 0 saturated carbocycles. The molecule has 0 heterocycles. The molecule has 0 aliphatic heterocycles. The lowest BCUT2D eigenvalue weighted by Gasteiger charge is -2.24. The van der Waals surface area contributed by atoms with E-state index in [9.17, 15) is 4.79 Å². The van der Waals surface area contributed by atoms with Crippen molar-refractivity contribution < 1.29 is 14.3 Å². The average Bonchev–Trinajstić information content (AvgIpc) is 2.65. The Morgan fingerprint density at radius 1 is 1.00 bits per heavy atom. The van der Waals surface area contributed by atoms with Crippen LogP contribution < -0.4 is 9.47 Å². The molecule has 0 radical (unpaired) electrons. The van der Waals surface area contributed by atoms with Gasteiger partial charge in [-0.25, -0.2) is 0 Å². The zero-order chi connectivity index (χ0) is 20.0. The zero-order valence-corrected chi connectivity index (χ0v) is 17.3. The molecule has 2 rings (SSSR count). The number of hydrogen-bond acceptors (Lipinski definition) is 3. The Hall–Kier alpha value is -2.49. The summed E-state index contributed by atoms with van der Waals surface area (Å²) in [5.74, 6) is 1.51. The second kappa shape index (κ2) is 8.94. The van der Waals surface area contributed by atoms with Crippen LogP contribution in [0, 0.1) is 0 Å². The molecule has 1 atom stereocenters. The average molecular weight is 370 g/mol. The van der Waals surface area contributed by atoms with Gasteiger partial charge in [0.05, 0.1) is 7.11 Å². The van der Waals surface area contributed by atoms with E-state index < -0.39 is 6.10 Å². The largest absolute Gasteiger partial charge is 0.497 e. The van der Waals surface area contributed by atoms with Crippen molar-refractivity contribution in [1.82, 2.24) is 4.90 Å². The second-order valence-corrected chi connectivity index (χ2v) is 7.83. The molecule has 1 amide bonds. The molecule has 4 heteroatoms. The van der Waals surface area contributed by atoms with Crippen LogP contribution in [0.5, 0.6) is 11.5 Å². The number of likely N-dealkylation sites (N-methyl/N-ethyl adjacent to an activating group) is 1. The summed E-state index contributed by atoms with van der Waals surface area (Å²) in [4.78, 5) is 14.5. The number of methoxy groups -OCH3 is 1. The van der Waals surface area contributed by atoms with Crippen molar-refractivity contribution in [2.75, 3.05) is 14.2 Å². The van der Waals surface area contributed by atoms with E-state index >= 15 is 0 Å². The number of ether oxygens (including phenoxy) is 2. The van der Waals surface area contributed by atoms with Crippen molar-refractivity contribution in [2.45, 2.75) is 52.2 Å². The fraction of sp³-hybridized carbons (Fsp3) is 0.435. The van der Waals surface area contributed by atoms with E-state index in [2.05, 4.69) is 32.9 Å². The zero-order valence-electron chi connectivity index (χ0n) is 17.3. The van der Waals surface area contributed by atoms with Gasteiger partial charge in [-0.2, -0.15) is 0 Å². The summed E-state index contributed by atoms with van der Waals surface area (Å²) in [6, 6.07) is 15.8. The maximum Gasteiger partial charge on any atom is 0.263 e. The van der Waals surface area contributed by atoms with Gasteiger partial charge in [-0.3, -0.25) is 4.79 Å². The Morgan fingerprint density at radius 3 is 2.04 bits per heavy atom. The van der Waals surface area contributed by atoms with E-state index in [0.717, 1.165) is 17.1 Å². The molecule has 2 aromatic carbocycles. The van der Waals surface area contributed by atoms with Crippen LogP contribution in [0.4, 0.5) is 0 Å². The number of nitrogens with zero attached hydrogens (tertiary/aromatic N) is 1. The van der Waals surface area contributed by atoms with Crippen molar-refractivity contribution in [1.29, 1.82) is 0 Å². The van der Waals surface area contributed by atoms with Crippen LogP contribution in [-0.4, -0.2) is 31.1 Å². The van der Waals surface area contributed by atoms with Crippen LogP contribution in [-0.2, 0) is 16.8 Å². The van der Waals surface area contributed by atoms with Crippen molar-refractivity contribution in [3.05, 3.63) is 59.7 Å². The summed E-state index contributed by atoms with van der Waals surface area (Å²) in [7, 11) is 3.45. The Bertz CT molecular complexity index is 730. The van der Waals surface area contributed by atoms with E-state index in [1.54, 1.807) is 19.1 Å². The van der Waals surface area contributed by atoms with Crippen LogP contribution >= 0.6 is 0 Å². The Morgan fingerprint density at radius 2 is 1.56 bits per heavy atom. The number of carbonyl (C=O) groups is 1. The highest BCUT2D eigenvalue weighted by atomic mass is 16.5. The second-order valence-electron chi connectivity index (χ2n) is 7.83. The van der Waals surface area contributed by atoms with Gasteiger partial charge in [0, 0.05) is 13.6 Å². The maximum atomic E-state index is 12.8. The first-order chi connectivity index (χ1) is 12.7. The molecule has 0 aliphatic carbocycles. The molecule has 4 nitrogen and oxygen atoms in total. The summed E-state index contributed by atoms with van der Waals surface area (Å²) in [5, 5.41) is 0. The topological polar surface area (TPSA) is 38.8 Å². The molecule has 0 aliphatic rings. The van der Waals surface area contributed by atoms with Gasteiger partial charge in [-0.1, -0.05) is 52.0 Å². The van der Waals surface area contributed by atoms with Gasteiger partial charge >= 0.3 is 0 Å².